The summed E-state index contributed by atoms with van der Waals surface area (Å²) in [7, 11) is 0. The van der Waals surface area contributed by atoms with Crippen molar-refractivity contribution in [2.24, 2.45) is 17.8 Å². The highest BCUT2D eigenvalue weighted by molar-refractivity contribution is 5.02. The summed E-state index contributed by atoms with van der Waals surface area (Å²) in [5, 5.41) is 10.7. The summed E-state index contributed by atoms with van der Waals surface area (Å²) in [6.07, 6.45) is 8.51. The summed E-state index contributed by atoms with van der Waals surface area (Å²) in [6, 6.07) is 0.396. The number of hydrogen-bond acceptors (Lipinski definition) is 3. The van der Waals surface area contributed by atoms with Crippen molar-refractivity contribution in [3.05, 3.63) is 12.2 Å². The zero-order valence-corrected chi connectivity index (χ0v) is 10.5. The maximum absolute atomic E-state index is 4.37. The first-order chi connectivity index (χ1) is 8.38. The summed E-state index contributed by atoms with van der Waals surface area (Å²) >= 11 is 0. The molecule has 2 fully saturated rings. The van der Waals surface area contributed by atoms with Crippen molar-refractivity contribution in [2.45, 2.75) is 45.1 Å². The van der Waals surface area contributed by atoms with Crippen molar-refractivity contribution in [3.63, 3.8) is 0 Å². The average Bonchev–Trinajstić information content (AvgIpc) is 3.06. The van der Waals surface area contributed by atoms with Gasteiger partial charge in [-0.3, -0.25) is 5.10 Å². The van der Waals surface area contributed by atoms with Crippen LogP contribution in [0.1, 0.15) is 50.9 Å². The molecule has 4 unspecified atom stereocenters. The molecule has 0 amide bonds. The number of rotatable bonds is 5. The highest BCUT2D eigenvalue weighted by Gasteiger charge is 2.44. The van der Waals surface area contributed by atoms with Crippen molar-refractivity contribution >= 4 is 0 Å². The Morgan fingerprint density at radius 1 is 1.47 bits per heavy atom. The van der Waals surface area contributed by atoms with Crippen LogP contribution < -0.4 is 5.32 Å². The van der Waals surface area contributed by atoms with E-state index < -0.39 is 0 Å². The van der Waals surface area contributed by atoms with E-state index in [2.05, 4.69) is 27.4 Å². The third-order valence-electron chi connectivity index (χ3n) is 4.56. The molecule has 94 valence electrons. The van der Waals surface area contributed by atoms with Crippen LogP contribution in [0.15, 0.2) is 6.33 Å². The lowest BCUT2D eigenvalue weighted by molar-refractivity contribution is 0.243. The number of nitrogens with one attached hydrogen (secondary N) is 2. The molecule has 2 bridgehead atoms. The fraction of sp³-hybridized carbons (Fsp3) is 0.846. The second-order valence-corrected chi connectivity index (χ2v) is 5.64. The molecule has 0 spiro atoms. The van der Waals surface area contributed by atoms with Crippen molar-refractivity contribution in [2.75, 3.05) is 6.54 Å². The van der Waals surface area contributed by atoms with Crippen molar-refractivity contribution in [3.8, 4) is 0 Å². The minimum absolute atomic E-state index is 0.396. The van der Waals surface area contributed by atoms with Crippen LogP contribution in [-0.4, -0.2) is 21.7 Å². The van der Waals surface area contributed by atoms with Crippen LogP contribution in [-0.2, 0) is 0 Å². The van der Waals surface area contributed by atoms with Gasteiger partial charge in [-0.1, -0.05) is 13.3 Å². The molecular formula is C13H22N4. The molecule has 0 aliphatic heterocycles. The van der Waals surface area contributed by atoms with Gasteiger partial charge in [0.25, 0.3) is 0 Å². The van der Waals surface area contributed by atoms with E-state index in [1.807, 2.05) is 0 Å². The Morgan fingerprint density at radius 3 is 3.00 bits per heavy atom. The van der Waals surface area contributed by atoms with E-state index >= 15 is 0 Å². The van der Waals surface area contributed by atoms with E-state index in [4.69, 9.17) is 0 Å². The van der Waals surface area contributed by atoms with Gasteiger partial charge in [-0.25, -0.2) is 4.98 Å². The molecule has 2 aliphatic rings. The lowest BCUT2D eigenvalue weighted by atomic mass is 9.83. The normalized spacial score (nSPS) is 33.1. The van der Waals surface area contributed by atoms with Gasteiger partial charge in [0.05, 0.1) is 6.04 Å². The predicted octanol–water partition coefficient (Wildman–Crippen LogP) is 2.28. The topological polar surface area (TPSA) is 53.6 Å². The summed E-state index contributed by atoms with van der Waals surface area (Å²) < 4.78 is 0. The van der Waals surface area contributed by atoms with Crippen LogP contribution in [0.25, 0.3) is 0 Å². The lowest BCUT2D eigenvalue weighted by Gasteiger charge is -2.29. The van der Waals surface area contributed by atoms with Crippen LogP contribution in [0.4, 0.5) is 0 Å². The molecule has 17 heavy (non-hydrogen) atoms. The van der Waals surface area contributed by atoms with Crippen LogP contribution >= 0.6 is 0 Å². The van der Waals surface area contributed by atoms with Crippen molar-refractivity contribution in [1.29, 1.82) is 0 Å². The second-order valence-electron chi connectivity index (χ2n) is 5.64. The third kappa shape index (κ3) is 2.10. The van der Waals surface area contributed by atoms with Gasteiger partial charge < -0.3 is 5.32 Å². The molecule has 0 aromatic carbocycles. The maximum Gasteiger partial charge on any atom is 0.141 e. The number of fused-ring (bicyclic) bond motifs is 2. The maximum atomic E-state index is 4.37. The van der Waals surface area contributed by atoms with E-state index in [0.29, 0.717) is 6.04 Å². The fourth-order valence-corrected chi connectivity index (χ4v) is 3.82. The minimum atomic E-state index is 0.396. The molecule has 0 radical (unpaired) electrons. The molecule has 2 aliphatic carbocycles. The summed E-state index contributed by atoms with van der Waals surface area (Å²) in [6.45, 7) is 3.28. The quantitative estimate of drug-likeness (QED) is 0.822. The Morgan fingerprint density at radius 2 is 2.41 bits per heavy atom. The third-order valence-corrected chi connectivity index (χ3v) is 4.56. The van der Waals surface area contributed by atoms with Crippen LogP contribution in [0.5, 0.6) is 0 Å². The van der Waals surface area contributed by atoms with E-state index in [1.165, 1.54) is 32.1 Å². The van der Waals surface area contributed by atoms with Crippen molar-refractivity contribution in [1.82, 2.24) is 20.5 Å². The number of aromatic nitrogens is 3. The molecular weight excluding hydrogens is 212 g/mol. The van der Waals surface area contributed by atoms with E-state index in [1.54, 1.807) is 6.33 Å². The second kappa shape index (κ2) is 4.77. The SMILES string of the molecule is CCCNC(c1ncn[nH]1)C1CC2CCC1C2. The minimum Gasteiger partial charge on any atom is -0.307 e. The number of aromatic amines is 1. The Bertz CT molecular complexity index is 348. The smallest absolute Gasteiger partial charge is 0.141 e. The number of nitrogens with zero attached hydrogens (tertiary/aromatic N) is 2. The Balaban J connectivity index is 1.74. The van der Waals surface area contributed by atoms with Gasteiger partial charge in [-0.05, 0) is 50.0 Å². The number of hydrogen-bond donors (Lipinski definition) is 2. The molecule has 1 aromatic heterocycles. The van der Waals surface area contributed by atoms with E-state index in [9.17, 15) is 0 Å². The highest BCUT2D eigenvalue weighted by Crippen LogP contribution is 2.52. The molecule has 4 atom stereocenters. The van der Waals surface area contributed by atoms with Crippen LogP contribution in [0, 0.1) is 17.8 Å². The molecule has 4 nitrogen and oxygen atoms in total. The molecule has 1 aromatic rings. The van der Waals surface area contributed by atoms with Gasteiger partial charge in [-0.15, -0.1) is 0 Å². The largest absolute Gasteiger partial charge is 0.307 e. The molecule has 4 heteroatoms. The lowest BCUT2D eigenvalue weighted by Crippen LogP contribution is -2.32. The zero-order valence-electron chi connectivity index (χ0n) is 10.5. The number of H-pyrrole nitrogens is 1. The molecule has 3 rings (SSSR count). The van der Waals surface area contributed by atoms with Gasteiger partial charge >= 0.3 is 0 Å². The van der Waals surface area contributed by atoms with Gasteiger partial charge in [0.1, 0.15) is 12.2 Å². The zero-order chi connectivity index (χ0) is 11.7. The molecule has 1 heterocycles. The first kappa shape index (κ1) is 11.2. The Labute approximate surface area is 103 Å². The first-order valence-electron chi connectivity index (χ1n) is 6.97. The predicted molar refractivity (Wildman–Crippen MR) is 66.4 cm³/mol. The molecule has 2 N–H and O–H groups in total. The first-order valence-corrected chi connectivity index (χ1v) is 6.97. The van der Waals surface area contributed by atoms with E-state index in [0.717, 1.165) is 30.1 Å². The Hall–Kier alpha value is -0.900. The van der Waals surface area contributed by atoms with Crippen molar-refractivity contribution < 1.29 is 0 Å². The van der Waals surface area contributed by atoms with Gasteiger partial charge in [0.2, 0.25) is 0 Å². The van der Waals surface area contributed by atoms with Gasteiger partial charge in [0.15, 0.2) is 0 Å². The molecule has 0 saturated heterocycles. The summed E-state index contributed by atoms with van der Waals surface area (Å²) in [5.74, 6) is 3.71. The Kier molecular flexibility index (Phi) is 3.14. The van der Waals surface area contributed by atoms with Gasteiger partial charge in [-0.2, -0.15) is 5.10 Å². The highest BCUT2D eigenvalue weighted by atomic mass is 15.2. The van der Waals surface area contributed by atoms with E-state index in [-0.39, 0.29) is 0 Å². The summed E-state index contributed by atoms with van der Waals surface area (Å²) in [4.78, 5) is 4.37. The van der Waals surface area contributed by atoms with Crippen LogP contribution in [0.2, 0.25) is 0 Å². The fourth-order valence-electron chi connectivity index (χ4n) is 3.82. The standard InChI is InChI=1S/C13H22N4/c1-2-5-14-12(13-15-8-16-17-13)11-7-9-3-4-10(11)6-9/h8-12,14H,2-7H2,1H3,(H,15,16,17). The van der Waals surface area contributed by atoms with Gasteiger partial charge in [0, 0.05) is 0 Å². The monoisotopic (exact) mass is 234 g/mol. The van der Waals surface area contributed by atoms with Crippen LogP contribution in [0.3, 0.4) is 0 Å². The summed E-state index contributed by atoms with van der Waals surface area (Å²) in [5.41, 5.74) is 0. The average molecular weight is 234 g/mol. The molecule has 2 saturated carbocycles.